The van der Waals surface area contributed by atoms with Crippen LogP contribution >= 0.6 is 0 Å². The minimum atomic E-state index is -0.888. The largest absolute Gasteiger partial charge is 0.508 e. The number of ether oxygens (including phenoxy) is 6. The first-order valence-electron chi connectivity index (χ1n) is 8.11. The van der Waals surface area contributed by atoms with Crippen molar-refractivity contribution in [2.75, 3.05) is 46.2 Å². The molecule has 11 heteroatoms. The van der Waals surface area contributed by atoms with Crippen molar-refractivity contribution in [2.24, 2.45) is 0 Å². The van der Waals surface area contributed by atoms with Gasteiger partial charge in [-0.1, -0.05) is 0 Å². The second-order valence-corrected chi connectivity index (χ2v) is 5.34. The molecule has 0 heterocycles. The molecule has 0 aromatic rings. The molecule has 0 aromatic carbocycles. The number of carbonyl (C=O) groups excluding carboxylic acids is 2. The molecule has 3 atom stereocenters. The quantitative estimate of drug-likeness (QED) is 0.192. The predicted octanol–water partition coefficient (Wildman–Crippen LogP) is 0.973. The van der Waals surface area contributed by atoms with E-state index in [4.69, 9.17) is 29.3 Å². The first kappa shape index (κ1) is 24.3. The van der Waals surface area contributed by atoms with Gasteiger partial charge >= 0.3 is 12.3 Å². The average molecular weight is 384 g/mol. The van der Waals surface area contributed by atoms with Gasteiger partial charge in [0.25, 0.3) is 0 Å². The first-order chi connectivity index (χ1) is 12.3. The highest BCUT2D eigenvalue weighted by Crippen LogP contribution is 1.96. The van der Waals surface area contributed by atoms with E-state index >= 15 is 0 Å². The summed E-state index contributed by atoms with van der Waals surface area (Å²) >= 11 is 0. The van der Waals surface area contributed by atoms with Crippen molar-refractivity contribution < 1.29 is 53.3 Å². The molecule has 0 radical (unpaired) electrons. The van der Waals surface area contributed by atoms with Gasteiger partial charge in [0.05, 0.1) is 32.0 Å². The molecule has 0 aliphatic rings. The van der Waals surface area contributed by atoms with Crippen LogP contribution in [0.2, 0.25) is 0 Å². The van der Waals surface area contributed by atoms with Gasteiger partial charge < -0.3 is 33.5 Å². The molecule has 0 bridgehead atoms. The number of aliphatic hydroxyl groups is 1. The molecule has 0 aromatic heterocycles. The molecule has 0 aliphatic heterocycles. The molecule has 0 rings (SSSR count). The third kappa shape index (κ3) is 15.8. The predicted molar refractivity (Wildman–Crippen MR) is 85.7 cm³/mol. The molecule has 2 N–H and O–H groups in total. The van der Waals surface area contributed by atoms with Crippen molar-refractivity contribution in [1.29, 1.82) is 0 Å². The third-order valence-electron chi connectivity index (χ3n) is 2.56. The van der Waals surface area contributed by atoms with E-state index in [0.29, 0.717) is 0 Å². The van der Waals surface area contributed by atoms with Gasteiger partial charge in [-0.25, -0.2) is 14.5 Å². The summed E-state index contributed by atoms with van der Waals surface area (Å²) in [5.41, 5.74) is 0. The fourth-order valence-electron chi connectivity index (χ4n) is 1.34. The Morgan fingerprint density at radius 2 is 1.35 bits per heavy atom. The van der Waals surface area contributed by atoms with Crippen LogP contribution in [0.5, 0.6) is 0 Å². The standard InChI is InChI=1S/C15H28O11/c1-11(16)8-24-14(17)23-7-6-21-12(2)9-20-4-5-22-15(18)25-10-13(3)26-19/h11-13,16,19H,4-10H2,1-3H3. The van der Waals surface area contributed by atoms with Crippen molar-refractivity contribution in [3.8, 4) is 0 Å². The van der Waals surface area contributed by atoms with E-state index < -0.39 is 24.5 Å². The molecule has 0 fully saturated rings. The lowest BCUT2D eigenvalue weighted by Crippen LogP contribution is -2.23. The van der Waals surface area contributed by atoms with E-state index in [-0.39, 0.29) is 52.4 Å². The number of hydrogen-bond donors (Lipinski definition) is 2. The molecule has 154 valence electrons. The third-order valence-corrected chi connectivity index (χ3v) is 2.56. The Kier molecular flexibility index (Phi) is 14.6. The van der Waals surface area contributed by atoms with Crippen LogP contribution in [0.25, 0.3) is 0 Å². The van der Waals surface area contributed by atoms with Crippen LogP contribution in [0.3, 0.4) is 0 Å². The van der Waals surface area contributed by atoms with Crippen LogP contribution in [0.15, 0.2) is 0 Å². The van der Waals surface area contributed by atoms with Crippen LogP contribution in [-0.2, 0) is 33.3 Å². The van der Waals surface area contributed by atoms with E-state index in [0.717, 1.165) is 0 Å². The van der Waals surface area contributed by atoms with Gasteiger partial charge in [0.1, 0.15) is 32.5 Å². The van der Waals surface area contributed by atoms with Gasteiger partial charge in [0, 0.05) is 0 Å². The SMILES string of the molecule is CC(O)COC(=O)OCCOC(C)COCCOC(=O)OCC(C)OO. The molecule has 0 saturated carbocycles. The molecular weight excluding hydrogens is 356 g/mol. The summed E-state index contributed by atoms with van der Waals surface area (Å²) in [5, 5.41) is 17.2. The highest BCUT2D eigenvalue weighted by atomic mass is 17.1. The van der Waals surface area contributed by atoms with Crippen LogP contribution in [0, 0.1) is 0 Å². The molecule has 11 nitrogen and oxygen atoms in total. The van der Waals surface area contributed by atoms with Gasteiger partial charge in [-0.3, -0.25) is 5.26 Å². The van der Waals surface area contributed by atoms with Gasteiger partial charge in [0.15, 0.2) is 0 Å². The Morgan fingerprint density at radius 3 is 1.92 bits per heavy atom. The summed E-state index contributed by atoms with van der Waals surface area (Å²) in [7, 11) is 0. The normalized spacial score (nSPS) is 14.2. The molecule has 0 amide bonds. The van der Waals surface area contributed by atoms with Crippen LogP contribution in [0.4, 0.5) is 9.59 Å². The molecule has 0 aliphatic carbocycles. The van der Waals surface area contributed by atoms with E-state index in [1.54, 1.807) is 6.92 Å². The van der Waals surface area contributed by atoms with Gasteiger partial charge in [0.2, 0.25) is 0 Å². The lowest BCUT2D eigenvalue weighted by Gasteiger charge is -2.14. The highest BCUT2D eigenvalue weighted by Gasteiger charge is 2.09. The fraction of sp³-hybridized carbons (Fsp3) is 0.867. The second kappa shape index (κ2) is 15.6. The fourth-order valence-corrected chi connectivity index (χ4v) is 1.34. The maximum atomic E-state index is 11.1. The Hall–Kier alpha value is -1.66. The second-order valence-electron chi connectivity index (χ2n) is 5.34. The molecule has 3 unspecified atom stereocenters. The topological polar surface area (TPSA) is 139 Å². The zero-order valence-electron chi connectivity index (χ0n) is 15.3. The lowest BCUT2D eigenvalue weighted by molar-refractivity contribution is -0.280. The minimum Gasteiger partial charge on any atom is -0.432 e. The number of carbonyl (C=O) groups is 2. The number of rotatable bonds is 14. The van der Waals surface area contributed by atoms with Gasteiger partial charge in [-0.05, 0) is 20.8 Å². The Labute approximate surface area is 151 Å². The first-order valence-corrected chi connectivity index (χ1v) is 8.11. The Bertz CT molecular complexity index is 375. The van der Waals surface area contributed by atoms with E-state index in [1.165, 1.54) is 13.8 Å². The van der Waals surface area contributed by atoms with E-state index in [2.05, 4.69) is 14.4 Å². The zero-order valence-corrected chi connectivity index (χ0v) is 15.3. The maximum absolute atomic E-state index is 11.1. The number of aliphatic hydroxyl groups excluding tert-OH is 1. The van der Waals surface area contributed by atoms with Crippen molar-refractivity contribution in [2.45, 2.75) is 39.1 Å². The zero-order chi connectivity index (χ0) is 19.8. The van der Waals surface area contributed by atoms with Crippen molar-refractivity contribution in [1.82, 2.24) is 0 Å². The summed E-state index contributed by atoms with van der Waals surface area (Å²) in [4.78, 5) is 26.2. The molecule has 26 heavy (non-hydrogen) atoms. The summed E-state index contributed by atoms with van der Waals surface area (Å²) in [6, 6.07) is 0. The molecule has 0 spiro atoms. The Balaban J connectivity index is 3.47. The summed E-state index contributed by atoms with van der Waals surface area (Å²) < 4.78 is 29.3. The van der Waals surface area contributed by atoms with E-state index in [9.17, 15) is 9.59 Å². The molecule has 0 saturated heterocycles. The van der Waals surface area contributed by atoms with Crippen molar-refractivity contribution in [3.63, 3.8) is 0 Å². The van der Waals surface area contributed by atoms with Crippen molar-refractivity contribution >= 4 is 12.3 Å². The van der Waals surface area contributed by atoms with Gasteiger partial charge in [-0.15, -0.1) is 0 Å². The summed E-state index contributed by atoms with van der Waals surface area (Å²) in [6.07, 6.45) is -3.41. The summed E-state index contributed by atoms with van der Waals surface area (Å²) in [6.45, 7) is 5.06. The average Bonchev–Trinajstić information content (AvgIpc) is 2.61. The van der Waals surface area contributed by atoms with Crippen molar-refractivity contribution in [3.05, 3.63) is 0 Å². The monoisotopic (exact) mass is 384 g/mol. The van der Waals surface area contributed by atoms with Crippen LogP contribution < -0.4 is 0 Å². The van der Waals surface area contributed by atoms with Gasteiger partial charge in [-0.2, -0.15) is 0 Å². The van der Waals surface area contributed by atoms with Crippen LogP contribution in [0.1, 0.15) is 20.8 Å². The number of hydrogen-bond acceptors (Lipinski definition) is 11. The van der Waals surface area contributed by atoms with E-state index in [1.807, 2.05) is 0 Å². The van der Waals surface area contributed by atoms with Crippen LogP contribution in [-0.4, -0.2) is 87.2 Å². The maximum Gasteiger partial charge on any atom is 0.508 e. The Morgan fingerprint density at radius 1 is 0.769 bits per heavy atom. The lowest BCUT2D eigenvalue weighted by atomic mass is 10.4. The summed E-state index contributed by atoms with van der Waals surface area (Å²) in [5.74, 6) is 0. The smallest absolute Gasteiger partial charge is 0.432 e. The highest BCUT2D eigenvalue weighted by molar-refractivity contribution is 5.60. The minimum absolute atomic E-state index is 0.00184. The molecular formula is C15H28O11.